The van der Waals surface area contributed by atoms with Crippen LogP contribution in [0.25, 0.3) is 11.4 Å². The largest absolute Gasteiger partial charge is 0.454 e. The Labute approximate surface area is 122 Å². The van der Waals surface area contributed by atoms with Crippen LogP contribution in [0.5, 0.6) is 11.5 Å². The van der Waals surface area contributed by atoms with Gasteiger partial charge in [0, 0.05) is 5.56 Å². The Kier molecular flexibility index (Phi) is 2.99. The van der Waals surface area contributed by atoms with Gasteiger partial charge in [-0.1, -0.05) is 11.6 Å². The quantitative estimate of drug-likeness (QED) is 0.862. The maximum Gasteiger partial charge on any atom is 0.231 e. The average Bonchev–Trinajstić information content (AvgIpc) is 2.84. The molecule has 0 saturated carbocycles. The second-order valence-electron chi connectivity index (χ2n) is 4.02. The highest BCUT2D eigenvalue weighted by Gasteiger charge is 2.20. The summed E-state index contributed by atoms with van der Waals surface area (Å²) in [5.74, 6) is 2.02. The van der Waals surface area contributed by atoms with Gasteiger partial charge in [0.25, 0.3) is 0 Å². The van der Waals surface area contributed by atoms with Gasteiger partial charge in [-0.05, 0) is 35.0 Å². The van der Waals surface area contributed by atoms with E-state index in [1.54, 1.807) is 12.1 Å². The first-order valence-corrected chi connectivity index (χ1v) is 6.62. The fourth-order valence-corrected chi connectivity index (χ4v) is 2.25. The molecule has 98 valence electrons. The molecule has 2 heterocycles. The normalized spacial score (nSPS) is 12.8. The Morgan fingerprint density at radius 1 is 1.32 bits per heavy atom. The summed E-state index contributed by atoms with van der Waals surface area (Å²) in [6, 6.07) is 3.52. The standard InChI is InChI=1S/C12H9BrClN3O2/c1-5-9(13)11(15)17-12(16-5)6-2-7(14)10-8(3-6)18-4-19-10/h2-3H,4H2,1H3,(H2,15,16,17). The highest BCUT2D eigenvalue weighted by Crippen LogP contribution is 2.42. The highest BCUT2D eigenvalue weighted by atomic mass is 79.9. The molecule has 0 bridgehead atoms. The number of aryl methyl sites for hydroxylation is 1. The zero-order valence-electron chi connectivity index (χ0n) is 9.91. The van der Waals surface area contributed by atoms with E-state index >= 15 is 0 Å². The molecular formula is C12H9BrClN3O2. The molecule has 0 unspecified atom stereocenters. The van der Waals surface area contributed by atoms with Crippen molar-refractivity contribution in [2.24, 2.45) is 0 Å². The van der Waals surface area contributed by atoms with Crippen LogP contribution in [-0.4, -0.2) is 16.8 Å². The van der Waals surface area contributed by atoms with Gasteiger partial charge in [0.05, 0.1) is 15.2 Å². The molecule has 0 spiro atoms. The number of benzene rings is 1. The lowest BCUT2D eigenvalue weighted by Gasteiger charge is -2.07. The van der Waals surface area contributed by atoms with Gasteiger partial charge in [0.2, 0.25) is 6.79 Å². The van der Waals surface area contributed by atoms with E-state index in [-0.39, 0.29) is 6.79 Å². The average molecular weight is 343 g/mol. The van der Waals surface area contributed by atoms with Crippen LogP contribution >= 0.6 is 27.5 Å². The van der Waals surface area contributed by atoms with Crippen molar-refractivity contribution in [1.29, 1.82) is 0 Å². The third-order valence-electron chi connectivity index (χ3n) is 2.73. The molecule has 7 heteroatoms. The summed E-state index contributed by atoms with van der Waals surface area (Å²) in [6.45, 7) is 2.01. The molecule has 3 rings (SSSR count). The fourth-order valence-electron chi connectivity index (χ4n) is 1.81. The van der Waals surface area contributed by atoms with Crippen LogP contribution in [0.4, 0.5) is 5.82 Å². The molecule has 5 nitrogen and oxygen atoms in total. The molecule has 0 aliphatic carbocycles. The zero-order valence-corrected chi connectivity index (χ0v) is 12.2. The predicted octanol–water partition coefficient (Wildman–Crippen LogP) is 3.18. The van der Waals surface area contributed by atoms with Crippen LogP contribution in [0, 0.1) is 6.92 Å². The van der Waals surface area contributed by atoms with Crippen molar-refractivity contribution < 1.29 is 9.47 Å². The van der Waals surface area contributed by atoms with Crippen LogP contribution in [0.2, 0.25) is 5.02 Å². The van der Waals surface area contributed by atoms with E-state index in [4.69, 9.17) is 26.8 Å². The Bertz CT molecular complexity index is 655. The summed E-state index contributed by atoms with van der Waals surface area (Å²) in [7, 11) is 0. The minimum atomic E-state index is 0.168. The molecule has 1 aliphatic heterocycles. The Morgan fingerprint density at radius 2 is 2.11 bits per heavy atom. The van der Waals surface area contributed by atoms with Crippen molar-refractivity contribution >= 4 is 33.3 Å². The first-order chi connectivity index (χ1) is 9.06. The van der Waals surface area contributed by atoms with Crippen LogP contribution in [-0.2, 0) is 0 Å². The SMILES string of the molecule is Cc1nc(-c2cc(Cl)c3c(c2)OCO3)nc(N)c1Br. The Morgan fingerprint density at radius 3 is 2.84 bits per heavy atom. The minimum absolute atomic E-state index is 0.168. The molecule has 2 N–H and O–H groups in total. The number of nitrogen functional groups attached to an aromatic ring is 1. The number of nitrogens with two attached hydrogens (primary N) is 1. The van der Waals surface area contributed by atoms with Gasteiger partial charge in [0.1, 0.15) is 5.82 Å². The molecule has 0 atom stereocenters. The number of hydrogen-bond acceptors (Lipinski definition) is 5. The topological polar surface area (TPSA) is 70.3 Å². The lowest BCUT2D eigenvalue weighted by molar-refractivity contribution is 0.174. The molecule has 0 saturated heterocycles. The number of fused-ring (bicyclic) bond motifs is 1. The summed E-state index contributed by atoms with van der Waals surface area (Å²) in [5, 5.41) is 0.466. The molecular weight excluding hydrogens is 334 g/mol. The smallest absolute Gasteiger partial charge is 0.231 e. The molecule has 1 aromatic heterocycles. The monoisotopic (exact) mass is 341 g/mol. The number of rotatable bonds is 1. The van der Waals surface area contributed by atoms with Crippen molar-refractivity contribution in [1.82, 2.24) is 9.97 Å². The van der Waals surface area contributed by atoms with Gasteiger partial charge in [-0.3, -0.25) is 0 Å². The third kappa shape index (κ3) is 2.11. The molecule has 1 aliphatic rings. The van der Waals surface area contributed by atoms with Crippen molar-refractivity contribution in [2.45, 2.75) is 6.92 Å². The van der Waals surface area contributed by atoms with Gasteiger partial charge < -0.3 is 15.2 Å². The van der Waals surface area contributed by atoms with Gasteiger partial charge in [-0.15, -0.1) is 0 Å². The number of halogens is 2. The Hall–Kier alpha value is -1.53. The van der Waals surface area contributed by atoms with Crippen molar-refractivity contribution in [3.05, 3.63) is 27.3 Å². The van der Waals surface area contributed by atoms with Crippen molar-refractivity contribution in [3.63, 3.8) is 0 Å². The Balaban J connectivity index is 2.15. The summed E-state index contributed by atoms with van der Waals surface area (Å²) in [5.41, 5.74) is 7.32. The third-order valence-corrected chi connectivity index (χ3v) is 3.99. The number of nitrogens with zero attached hydrogens (tertiary/aromatic N) is 2. The van der Waals surface area contributed by atoms with Crippen LogP contribution in [0.3, 0.4) is 0 Å². The minimum Gasteiger partial charge on any atom is -0.454 e. The number of hydrogen-bond donors (Lipinski definition) is 1. The maximum atomic E-state index is 6.13. The van der Waals surface area contributed by atoms with E-state index in [9.17, 15) is 0 Å². The van der Waals surface area contributed by atoms with Crippen molar-refractivity contribution in [2.75, 3.05) is 12.5 Å². The predicted molar refractivity (Wildman–Crippen MR) is 75.5 cm³/mol. The van der Waals surface area contributed by atoms with E-state index in [0.29, 0.717) is 32.6 Å². The van der Waals surface area contributed by atoms with Crippen LogP contribution < -0.4 is 15.2 Å². The summed E-state index contributed by atoms with van der Waals surface area (Å²) < 4.78 is 11.3. The summed E-state index contributed by atoms with van der Waals surface area (Å²) in [4.78, 5) is 8.61. The van der Waals surface area contributed by atoms with Gasteiger partial charge in [-0.2, -0.15) is 0 Å². The van der Waals surface area contributed by atoms with E-state index < -0.39 is 0 Å². The number of aromatic nitrogens is 2. The molecule has 1 aromatic carbocycles. The number of anilines is 1. The van der Waals surface area contributed by atoms with E-state index in [2.05, 4.69) is 25.9 Å². The van der Waals surface area contributed by atoms with Crippen molar-refractivity contribution in [3.8, 4) is 22.9 Å². The lowest BCUT2D eigenvalue weighted by atomic mass is 10.2. The molecule has 0 radical (unpaired) electrons. The van der Waals surface area contributed by atoms with Gasteiger partial charge in [-0.25, -0.2) is 9.97 Å². The van der Waals surface area contributed by atoms with Gasteiger partial charge in [0.15, 0.2) is 17.3 Å². The molecule has 19 heavy (non-hydrogen) atoms. The molecule has 2 aromatic rings. The zero-order chi connectivity index (χ0) is 13.6. The van der Waals surface area contributed by atoms with E-state index in [0.717, 1.165) is 11.3 Å². The first-order valence-electron chi connectivity index (χ1n) is 5.45. The second kappa shape index (κ2) is 4.54. The fraction of sp³-hybridized carbons (Fsp3) is 0.167. The van der Waals surface area contributed by atoms with Crippen LogP contribution in [0.15, 0.2) is 16.6 Å². The summed E-state index contributed by atoms with van der Waals surface area (Å²) in [6.07, 6.45) is 0. The molecule has 0 amide bonds. The van der Waals surface area contributed by atoms with Gasteiger partial charge >= 0.3 is 0 Å². The maximum absolute atomic E-state index is 6.13. The second-order valence-corrected chi connectivity index (χ2v) is 5.22. The number of ether oxygens (including phenoxy) is 2. The highest BCUT2D eigenvalue weighted by molar-refractivity contribution is 9.10. The van der Waals surface area contributed by atoms with E-state index in [1.807, 2.05) is 6.92 Å². The van der Waals surface area contributed by atoms with Crippen LogP contribution in [0.1, 0.15) is 5.69 Å². The lowest BCUT2D eigenvalue weighted by Crippen LogP contribution is -2.00. The molecule has 0 fully saturated rings. The van der Waals surface area contributed by atoms with E-state index in [1.165, 1.54) is 0 Å². The first kappa shape index (κ1) is 12.5. The summed E-state index contributed by atoms with van der Waals surface area (Å²) >= 11 is 9.46.